The van der Waals surface area contributed by atoms with Gasteiger partial charge in [-0.1, -0.05) is 74.7 Å². The van der Waals surface area contributed by atoms with Crippen LogP contribution in [0.25, 0.3) is 0 Å². The van der Waals surface area contributed by atoms with Gasteiger partial charge >= 0.3 is 0 Å². The quantitative estimate of drug-likeness (QED) is 0.174. The summed E-state index contributed by atoms with van der Waals surface area (Å²) in [6, 6.07) is 13.4. The van der Waals surface area contributed by atoms with Crippen molar-refractivity contribution in [2.24, 2.45) is 11.8 Å². The van der Waals surface area contributed by atoms with Gasteiger partial charge in [-0.25, -0.2) is 25.6 Å². The maximum atomic E-state index is 13.9. The highest BCUT2D eigenvalue weighted by molar-refractivity contribution is 9.10. The number of hydrogen-bond donors (Lipinski definition) is 1. The molecule has 2 atom stereocenters. The van der Waals surface area contributed by atoms with Crippen LogP contribution in [0.3, 0.4) is 0 Å². The van der Waals surface area contributed by atoms with Gasteiger partial charge in [0, 0.05) is 98.3 Å². The summed E-state index contributed by atoms with van der Waals surface area (Å²) < 4.78 is 75.5. The van der Waals surface area contributed by atoms with Crippen molar-refractivity contribution in [3.05, 3.63) is 101 Å². The number of nitrogens with zero attached hydrogens (tertiary/aromatic N) is 5. The Balaban J connectivity index is 0.000000328. The molecule has 15 heteroatoms. The summed E-state index contributed by atoms with van der Waals surface area (Å²) >= 11 is 3.30. The first kappa shape index (κ1) is 54.5. The number of nitrogens with one attached hydrogen (secondary N) is 1. The number of piperazine rings is 2. The number of hydrogen-bond acceptors (Lipinski definition) is 10. The van der Waals surface area contributed by atoms with Crippen molar-refractivity contribution in [3.8, 4) is 0 Å². The largest absolute Gasteiger partial charge is 0.369 e. The number of aromatic nitrogens is 2. The van der Waals surface area contributed by atoms with Gasteiger partial charge in [0.15, 0.2) is 19.7 Å². The molecule has 10 nitrogen and oxygen atoms in total. The van der Waals surface area contributed by atoms with Crippen LogP contribution in [0.15, 0.2) is 87.6 Å². The van der Waals surface area contributed by atoms with Crippen molar-refractivity contribution in [1.29, 1.82) is 0 Å². The second kappa shape index (κ2) is 26.2. The molecule has 0 aliphatic carbocycles. The van der Waals surface area contributed by atoms with Crippen molar-refractivity contribution >= 4 is 52.7 Å². The average molecular weight is 966 g/mol. The zero-order chi connectivity index (χ0) is 46.8. The van der Waals surface area contributed by atoms with E-state index in [1.165, 1.54) is 49.1 Å². The highest BCUT2D eigenvalue weighted by atomic mass is 79.9. The van der Waals surface area contributed by atoms with Crippen LogP contribution < -0.4 is 20.0 Å². The minimum Gasteiger partial charge on any atom is -0.369 e. The zero-order valence-corrected chi connectivity index (χ0v) is 42.1. The summed E-state index contributed by atoms with van der Waals surface area (Å²) in [7, 11) is -7.15. The van der Waals surface area contributed by atoms with Crippen molar-refractivity contribution < 1.29 is 25.6 Å². The molecule has 62 heavy (non-hydrogen) atoms. The van der Waals surface area contributed by atoms with Crippen molar-refractivity contribution in [3.63, 3.8) is 0 Å². The molecule has 0 amide bonds. The molecule has 0 saturated carbocycles. The van der Waals surface area contributed by atoms with Crippen LogP contribution in [-0.4, -0.2) is 90.7 Å². The van der Waals surface area contributed by atoms with E-state index >= 15 is 0 Å². The van der Waals surface area contributed by atoms with E-state index in [0.29, 0.717) is 17.9 Å². The lowest BCUT2D eigenvalue weighted by Gasteiger charge is -2.45. The normalized spacial score (nSPS) is 16.5. The maximum Gasteiger partial charge on any atom is 0.178 e. The molecule has 0 radical (unpaired) electrons. The molecule has 0 unspecified atom stereocenters. The van der Waals surface area contributed by atoms with E-state index in [1.807, 2.05) is 52.4 Å². The van der Waals surface area contributed by atoms with Gasteiger partial charge in [-0.2, -0.15) is 0 Å². The summed E-state index contributed by atoms with van der Waals surface area (Å²) in [6.07, 6.45) is 13.5. The Morgan fingerprint density at radius 1 is 0.694 bits per heavy atom. The molecule has 2 saturated heterocycles. The van der Waals surface area contributed by atoms with Gasteiger partial charge in [0.2, 0.25) is 0 Å². The Labute approximate surface area is 380 Å². The Kier molecular flexibility index (Phi) is 23.0. The van der Waals surface area contributed by atoms with Crippen molar-refractivity contribution in [2.75, 3.05) is 66.5 Å². The maximum absolute atomic E-state index is 13.9. The van der Waals surface area contributed by atoms with E-state index in [4.69, 9.17) is 0 Å². The van der Waals surface area contributed by atoms with E-state index in [0.717, 1.165) is 78.9 Å². The molecule has 0 spiro atoms. The van der Waals surface area contributed by atoms with Crippen molar-refractivity contribution in [2.45, 2.75) is 110 Å². The smallest absolute Gasteiger partial charge is 0.178 e. The van der Waals surface area contributed by atoms with Gasteiger partial charge in [0.1, 0.15) is 21.4 Å². The third-order valence-electron chi connectivity index (χ3n) is 10.3. The first-order valence-electron chi connectivity index (χ1n) is 21.6. The van der Waals surface area contributed by atoms with Crippen LogP contribution in [0.1, 0.15) is 85.8 Å². The molecule has 4 aromatic rings. The fourth-order valence-corrected chi connectivity index (χ4v) is 8.90. The number of aryl methyl sites for hydroxylation is 2. The van der Waals surface area contributed by atoms with Gasteiger partial charge in [-0.15, -0.1) is 0 Å². The van der Waals surface area contributed by atoms with E-state index in [2.05, 4.69) is 93.5 Å². The van der Waals surface area contributed by atoms with Gasteiger partial charge in [0.05, 0.1) is 11.9 Å². The summed E-state index contributed by atoms with van der Waals surface area (Å²) in [5, 5.41) is 3.44. The van der Waals surface area contributed by atoms with E-state index in [9.17, 15) is 25.6 Å². The molecule has 2 aliphatic rings. The van der Waals surface area contributed by atoms with E-state index in [1.54, 1.807) is 18.3 Å². The summed E-state index contributed by atoms with van der Waals surface area (Å²) in [5.74, 6) is -0.506. The van der Waals surface area contributed by atoms with Crippen LogP contribution in [0, 0.1) is 37.3 Å². The molecular formula is C47H71BrF2N6O4S2. The lowest BCUT2D eigenvalue weighted by molar-refractivity contribution is 0.368. The molecule has 0 bridgehead atoms. The third-order valence-corrected chi connectivity index (χ3v) is 13.0. The molecule has 346 valence electrons. The fourth-order valence-electron chi connectivity index (χ4n) is 6.91. The fraction of sp³-hybridized carbons (Fsp3) is 0.532. The Morgan fingerprint density at radius 2 is 1.19 bits per heavy atom. The second-order valence-corrected chi connectivity index (χ2v) is 21.1. The van der Waals surface area contributed by atoms with Crippen LogP contribution in [0.5, 0.6) is 0 Å². The monoisotopic (exact) mass is 964 g/mol. The standard InChI is InChI=1S/C20H26FN3O2S.C14H21FN2O2S.C6H6BrN.C5H12.C2H6/c1-14(2)19-13-23(7-8-24(19)17-9-15(3)11-22-12-17)16-5-6-18(21)20(10-16)27(4,25)26;1-10(2)13-9-17(7-6-16-13)11-4-5-12(15)14(8-11)20(3,18)19;1-5-2-6(7)4-8-3-5;1-3-5-4-2;1-2/h5-6,9-12,14,19H,7-8,13H2,1-4H3;4-5,8,10,13,16H,6-7,9H2,1-3H3;2-4H,1H3;3-5H2,1-2H3;1-2H3/t19-;13-;;;/m00.../s1. The number of sulfone groups is 2. The number of anilines is 3. The van der Waals surface area contributed by atoms with Crippen LogP contribution >= 0.6 is 15.9 Å². The number of benzene rings is 2. The van der Waals surface area contributed by atoms with Gasteiger partial charge < -0.3 is 20.0 Å². The molecular weight excluding hydrogens is 895 g/mol. The summed E-state index contributed by atoms with van der Waals surface area (Å²) in [6.45, 7) is 25.8. The lowest BCUT2D eigenvalue weighted by atomic mass is 9.98. The van der Waals surface area contributed by atoms with Crippen LogP contribution in [0.4, 0.5) is 25.8 Å². The Hall–Kier alpha value is -3.66. The summed E-state index contributed by atoms with van der Waals surface area (Å²) in [4.78, 5) is 14.4. The Bertz CT molecular complexity index is 2180. The Morgan fingerprint density at radius 3 is 1.60 bits per heavy atom. The van der Waals surface area contributed by atoms with Crippen LogP contribution in [0.2, 0.25) is 0 Å². The first-order chi connectivity index (χ1) is 29.2. The first-order valence-corrected chi connectivity index (χ1v) is 26.2. The molecule has 1 N–H and O–H groups in total. The average Bonchev–Trinajstić information content (AvgIpc) is 3.22. The highest BCUT2D eigenvalue weighted by Crippen LogP contribution is 2.30. The number of rotatable bonds is 9. The van der Waals surface area contributed by atoms with E-state index in [-0.39, 0.29) is 15.8 Å². The third kappa shape index (κ3) is 17.5. The van der Waals surface area contributed by atoms with Gasteiger partial charge in [-0.3, -0.25) is 9.97 Å². The molecule has 2 fully saturated rings. The predicted molar refractivity (Wildman–Crippen MR) is 258 cm³/mol. The zero-order valence-electron chi connectivity index (χ0n) is 38.9. The lowest BCUT2D eigenvalue weighted by Crippen LogP contribution is -2.55. The molecule has 4 heterocycles. The molecule has 2 aliphatic heterocycles. The molecule has 2 aromatic heterocycles. The van der Waals surface area contributed by atoms with Gasteiger partial charge in [-0.05, 0) is 101 Å². The highest BCUT2D eigenvalue weighted by Gasteiger charge is 2.31. The van der Waals surface area contributed by atoms with E-state index < -0.39 is 31.3 Å². The van der Waals surface area contributed by atoms with Crippen molar-refractivity contribution in [1.82, 2.24) is 15.3 Å². The predicted octanol–water partition coefficient (Wildman–Crippen LogP) is 10.3. The number of unbranched alkanes of at least 4 members (excludes halogenated alkanes) is 2. The second-order valence-electron chi connectivity index (χ2n) is 16.2. The minimum atomic E-state index is -3.60. The molecule has 2 aromatic carbocycles. The topological polar surface area (TPSA) is 116 Å². The minimum absolute atomic E-state index is 0.227. The SMILES string of the molecule is CC.CC(C)[C@@H]1CN(c2ccc(F)c(S(C)(=O)=O)c2)CCN1.CCCCC.Cc1cncc(Br)c1.Cc1cncc(N2CCN(c3ccc(F)c(S(C)(=O)=O)c3)C[C@H]2C(C)C)c1. The van der Waals surface area contributed by atoms with Gasteiger partial charge in [0.25, 0.3) is 0 Å². The number of pyridine rings is 2. The van der Waals surface area contributed by atoms with Crippen LogP contribution in [-0.2, 0) is 19.7 Å². The molecule has 6 rings (SSSR count). The summed E-state index contributed by atoms with van der Waals surface area (Å²) in [5.41, 5.74) is 4.90. The number of halogens is 3.